The molecular formula is C8H8ClI. The van der Waals surface area contributed by atoms with E-state index in [-0.39, 0.29) is 0 Å². The van der Waals surface area contributed by atoms with Crippen LogP contribution in [-0.4, -0.2) is 5.88 Å². The van der Waals surface area contributed by atoms with E-state index in [1.165, 1.54) is 9.13 Å². The van der Waals surface area contributed by atoms with Gasteiger partial charge >= 0.3 is 0 Å². The molecule has 0 atom stereocenters. The maximum Gasteiger partial charge on any atom is 0.0263 e. The predicted molar refractivity (Wildman–Crippen MR) is 53.6 cm³/mol. The second kappa shape index (κ2) is 4.19. The topological polar surface area (TPSA) is 0 Å². The van der Waals surface area contributed by atoms with Crippen LogP contribution in [0.3, 0.4) is 0 Å². The van der Waals surface area contributed by atoms with E-state index < -0.39 is 0 Å². The first-order chi connectivity index (χ1) is 4.83. The summed E-state index contributed by atoms with van der Waals surface area (Å²) in [5.41, 5.74) is 1.32. The van der Waals surface area contributed by atoms with Crippen molar-refractivity contribution in [3.63, 3.8) is 0 Å². The molecule has 0 nitrogen and oxygen atoms in total. The Morgan fingerprint density at radius 3 is 2.80 bits per heavy atom. The van der Waals surface area contributed by atoms with Gasteiger partial charge in [0.1, 0.15) is 0 Å². The lowest BCUT2D eigenvalue weighted by Gasteiger charge is -1.96. The van der Waals surface area contributed by atoms with Gasteiger partial charge in [0, 0.05) is 9.45 Å². The molecular weight excluding hydrogens is 258 g/mol. The summed E-state index contributed by atoms with van der Waals surface area (Å²) in [7, 11) is 0. The van der Waals surface area contributed by atoms with Crippen LogP contribution in [-0.2, 0) is 6.42 Å². The van der Waals surface area contributed by atoms with Gasteiger partial charge in [0.15, 0.2) is 0 Å². The standard InChI is InChI=1S/C8H8ClI/c9-5-4-7-2-1-3-8(10)6-7/h1-3,6H,4-5H2. The van der Waals surface area contributed by atoms with Crippen LogP contribution in [0.5, 0.6) is 0 Å². The SMILES string of the molecule is ClCCc1cccc(I)c1. The van der Waals surface area contributed by atoms with Crippen molar-refractivity contribution in [3.8, 4) is 0 Å². The second-order valence-corrected chi connectivity index (χ2v) is 3.69. The lowest BCUT2D eigenvalue weighted by Crippen LogP contribution is -1.85. The summed E-state index contributed by atoms with van der Waals surface area (Å²) in [6.07, 6.45) is 0.971. The molecule has 0 spiro atoms. The molecule has 0 fully saturated rings. The van der Waals surface area contributed by atoms with Crippen LogP contribution in [0.4, 0.5) is 0 Å². The minimum absolute atomic E-state index is 0.708. The highest BCUT2D eigenvalue weighted by Crippen LogP contribution is 2.08. The van der Waals surface area contributed by atoms with E-state index in [1.54, 1.807) is 0 Å². The molecule has 10 heavy (non-hydrogen) atoms. The number of hydrogen-bond acceptors (Lipinski definition) is 0. The fourth-order valence-corrected chi connectivity index (χ4v) is 1.63. The van der Waals surface area contributed by atoms with Gasteiger partial charge in [0.25, 0.3) is 0 Å². The highest BCUT2D eigenvalue weighted by Gasteiger charge is 1.90. The van der Waals surface area contributed by atoms with Crippen LogP contribution in [0.2, 0.25) is 0 Å². The Balaban J connectivity index is 2.75. The van der Waals surface area contributed by atoms with E-state index in [0.29, 0.717) is 5.88 Å². The average molecular weight is 267 g/mol. The van der Waals surface area contributed by atoms with E-state index in [4.69, 9.17) is 11.6 Å². The molecule has 0 heterocycles. The number of alkyl halides is 1. The van der Waals surface area contributed by atoms with Crippen molar-refractivity contribution in [2.24, 2.45) is 0 Å². The summed E-state index contributed by atoms with van der Waals surface area (Å²) in [4.78, 5) is 0. The quantitative estimate of drug-likeness (QED) is 0.570. The molecule has 54 valence electrons. The summed E-state index contributed by atoms with van der Waals surface area (Å²) < 4.78 is 1.28. The lowest BCUT2D eigenvalue weighted by atomic mass is 10.2. The van der Waals surface area contributed by atoms with Crippen molar-refractivity contribution < 1.29 is 0 Å². The molecule has 0 saturated heterocycles. The third-order valence-corrected chi connectivity index (χ3v) is 2.13. The van der Waals surface area contributed by atoms with Crippen molar-refractivity contribution >= 4 is 34.2 Å². The molecule has 1 rings (SSSR count). The average Bonchev–Trinajstić information content (AvgIpc) is 1.88. The maximum atomic E-state index is 5.59. The first-order valence-corrected chi connectivity index (χ1v) is 4.74. The summed E-state index contributed by atoms with van der Waals surface area (Å²) in [5.74, 6) is 0.708. The van der Waals surface area contributed by atoms with E-state index in [1.807, 2.05) is 0 Å². The zero-order valence-corrected chi connectivity index (χ0v) is 8.39. The van der Waals surface area contributed by atoms with Crippen LogP contribution in [0, 0.1) is 3.57 Å². The molecule has 0 aliphatic rings. The molecule has 0 radical (unpaired) electrons. The molecule has 1 aromatic rings. The Bertz CT molecular complexity index is 210. The minimum atomic E-state index is 0.708. The fraction of sp³-hybridized carbons (Fsp3) is 0.250. The van der Waals surface area contributed by atoms with Crippen molar-refractivity contribution in [3.05, 3.63) is 33.4 Å². The Morgan fingerprint density at radius 1 is 1.40 bits per heavy atom. The Hall–Kier alpha value is 0.240. The molecule has 0 saturated carbocycles. The van der Waals surface area contributed by atoms with Gasteiger partial charge in [-0.2, -0.15) is 0 Å². The van der Waals surface area contributed by atoms with Crippen molar-refractivity contribution in [2.45, 2.75) is 6.42 Å². The fourth-order valence-electron chi connectivity index (χ4n) is 0.802. The molecule has 0 aromatic heterocycles. The number of aryl methyl sites for hydroxylation is 1. The highest BCUT2D eigenvalue weighted by molar-refractivity contribution is 14.1. The number of hydrogen-bond donors (Lipinski definition) is 0. The molecule has 0 amide bonds. The second-order valence-electron chi connectivity index (χ2n) is 2.07. The van der Waals surface area contributed by atoms with Gasteiger partial charge in [-0.3, -0.25) is 0 Å². The van der Waals surface area contributed by atoms with Gasteiger partial charge in [0.05, 0.1) is 0 Å². The monoisotopic (exact) mass is 266 g/mol. The van der Waals surface area contributed by atoms with Gasteiger partial charge in [-0.25, -0.2) is 0 Å². The molecule has 0 N–H and O–H groups in total. The molecule has 0 unspecified atom stereocenters. The first kappa shape index (κ1) is 8.34. The normalized spacial score (nSPS) is 9.80. The van der Waals surface area contributed by atoms with Crippen LogP contribution in [0.1, 0.15) is 5.56 Å². The predicted octanol–water partition coefficient (Wildman–Crippen LogP) is 3.07. The van der Waals surface area contributed by atoms with E-state index in [9.17, 15) is 0 Å². The molecule has 0 bridgehead atoms. The Labute approximate surface area is 79.7 Å². The number of benzene rings is 1. The lowest BCUT2D eigenvalue weighted by molar-refractivity contribution is 1.15. The molecule has 0 aliphatic heterocycles. The van der Waals surface area contributed by atoms with Crippen molar-refractivity contribution in [2.75, 3.05) is 5.88 Å². The zero-order chi connectivity index (χ0) is 7.40. The van der Waals surface area contributed by atoms with Crippen LogP contribution in [0.25, 0.3) is 0 Å². The van der Waals surface area contributed by atoms with Gasteiger partial charge in [0.2, 0.25) is 0 Å². The van der Waals surface area contributed by atoms with Gasteiger partial charge in [-0.1, -0.05) is 12.1 Å². The summed E-state index contributed by atoms with van der Waals surface area (Å²) in [6, 6.07) is 8.40. The summed E-state index contributed by atoms with van der Waals surface area (Å²) >= 11 is 7.89. The van der Waals surface area contributed by atoms with Crippen LogP contribution in [0.15, 0.2) is 24.3 Å². The van der Waals surface area contributed by atoms with Crippen molar-refractivity contribution in [1.29, 1.82) is 0 Å². The largest absolute Gasteiger partial charge is 0.126 e. The Kier molecular flexibility index (Phi) is 3.49. The van der Waals surface area contributed by atoms with Crippen molar-refractivity contribution in [1.82, 2.24) is 0 Å². The van der Waals surface area contributed by atoms with Gasteiger partial charge in [-0.05, 0) is 46.7 Å². The first-order valence-electron chi connectivity index (χ1n) is 3.13. The Morgan fingerprint density at radius 2 is 2.20 bits per heavy atom. The van der Waals surface area contributed by atoms with Crippen LogP contribution >= 0.6 is 34.2 Å². The van der Waals surface area contributed by atoms with Crippen LogP contribution < -0.4 is 0 Å². The molecule has 1 aromatic carbocycles. The molecule has 2 heteroatoms. The number of rotatable bonds is 2. The molecule has 0 aliphatic carbocycles. The van der Waals surface area contributed by atoms with Gasteiger partial charge in [-0.15, -0.1) is 11.6 Å². The van der Waals surface area contributed by atoms with E-state index in [0.717, 1.165) is 6.42 Å². The van der Waals surface area contributed by atoms with Gasteiger partial charge < -0.3 is 0 Å². The van der Waals surface area contributed by atoms with E-state index >= 15 is 0 Å². The van der Waals surface area contributed by atoms with E-state index in [2.05, 4.69) is 46.9 Å². The number of halogens is 2. The highest BCUT2D eigenvalue weighted by atomic mass is 127. The third kappa shape index (κ3) is 2.46. The maximum absolute atomic E-state index is 5.59. The zero-order valence-electron chi connectivity index (χ0n) is 5.48. The smallest absolute Gasteiger partial charge is 0.0263 e. The third-order valence-electron chi connectivity index (χ3n) is 1.27. The summed E-state index contributed by atoms with van der Waals surface area (Å²) in [6.45, 7) is 0. The summed E-state index contributed by atoms with van der Waals surface area (Å²) in [5, 5.41) is 0. The minimum Gasteiger partial charge on any atom is -0.126 e.